The van der Waals surface area contributed by atoms with Crippen LogP contribution in [0, 0.1) is 0 Å². The van der Waals surface area contributed by atoms with Gasteiger partial charge < -0.3 is 9.84 Å². The maximum Gasteiger partial charge on any atom is 0.338 e. The first kappa shape index (κ1) is 14.3. The lowest BCUT2D eigenvalue weighted by atomic mass is 10.1. The van der Waals surface area contributed by atoms with Gasteiger partial charge >= 0.3 is 5.97 Å². The number of esters is 1. The minimum atomic E-state index is -0.335. The maximum absolute atomic E-state index is 11.9. The molecule has 0 amide bonds. The van der Waals surface area contributed by atoms with Crippen LogP contribution in [0.1, 0.15) is 23.0 Å². The molecule has 0 unspecified atom stereocenters. The van der Waals surface area contributed by atoms with Crippen LogP contribution in [-0.2, 0) is 11.3 Å². The summed E-state index contributed by atoms with van der Waals surface area (Å²) in [5, 5.41) is 9.24. The summed E-state index contributed by atoms with van der Waals surface area (Å²) >= 11 is 0. The van der Waals surface area contributed by atoms with E-state index in [0.717, 1.165) is 16.9 Å². The lowest BCUT2D eigenvalue weighted by Gasteiger charge is -2.07. The highest BCUT2D eigenvalue weighted by atomic mass is 16.5. The second-order valence-corrected chi connectivity index (χ2v) is 4.83. The molecule has 2 aromatic heterocycles. The number of pyridine rings is 1. The summed E-state index contributed by atoms with van der Waals surface area (Å²) in [6.07, 6.45) is 1.79. The molecule has 3 aromatic rings. The minimum absolute atomic E-state index is 0.107. The Hall–Kier alpha value is -2.66. The molecule has 0 spiro atoms. The van der Waals surface area contributed by atoms with Gasteiger partial charge in [0, 0.05) is 6.20 Å². The van der Waals surface area contributed by atoms with Crippen molar-refractivity contribution in [3.05, 3.63) is 59.9 Å². The number of carbonyl (C=O) groups excluding carboxylic acids is 1. The van der Waals surface area contributed by atoms with E-state index in [2.05, 4.69) is 4.98 Å². The molecule has 0 aliphatic carbocycles. The van der Waals surface area contributed by atoms with Gasteiger partial charge in [-0.05, 0) is 36.8 Å². The molecule has 1 aromatic carbocycles. The average Bonchev–Trinajstić information content (AvgIpc) is 2.98. The number of aromatic nitrogens is 2. The first-order valence-electron chi connectivity index (χ1n) is 7.08. The van der Waals surface area contributed by atoms with Crippen molar-refractivity contribution < 1.29 is 14.6 Å². The van der Waals surface area contributed by atoms with Crippen molar-refractivity contribution >= 4 is 11.6 Å². The molecule has 5 nitrogen and oxygen atoms in total. The number of ether oxygens (including phenoxy) is 1. The molecule has 0 bridgehead atoms. The van der Waals surface area contributed by atoms with E-state index in [-0.39, 0.29) is 12.6 Å². The van der Waals surface area contributed by atoms with E-state index in [0.29, 0.717) is 17.9 Å². The van der Waals surface area contributed by atoms with Gasteiger partial charge in [0.15, 0.2) is 0 Å². The third-order valence-electron chi connectivity index (χ3n) is 3.37. The van der Waals surface area contributed by atoms with Crippen LogP contribution in [0.25, 0.3) is 16.9 Å². The summed E-state index contributed by atoms with van der Waals surface area (Å²) in [6.45, 7) is 2.02. The van der Waals surface area contributed by atoms with E-state index in [1.165, 1.54) is 0 Å². The summed E-state index contributed by atoms with van der Waals surface area (Å²) in [4.78, 5) is 16.2. The van der Waals surface area contributed by atoms with Gasteiger partial charge in [-0.25, -0.2) is 9.78 Å². The van der Waals surface area contributed by atoms with Gasteiger partial charge in [-0.3, -0.25) is 4.40 Å². The van der Waals surface area contributed by atoms with Gasteiger partial charge in [-0.1, -0.05) is 18.2 Å². The molecule has 22 heavy (non-hydrogen) atoms. The molecule has 0 aliphatic heterocycles. The van der Waals surface area contributed by atoms with Crippen LogP contribution in [0.2, 0.25) is 0 Å². The number of aliphatic hydroxyl groups excluding tert-OH is 1. The molecule has 1 N–H and O–H groups in total. The summed E-state index contributed by atoms with van der Waals surface area (Å²) < 4.78 is 6.94. The smallest absolute Gasteiger partial charge is 0.338 e. The molecule has 0 fully saturated rings. The van der Waals surface area contributed by atoms with Crippen LogP contribution >= 0.6 is 0 Å². The predicted octanol–water partition coefficient (Wildman–Crippen LogP) is 2.67. The fourth-order valence-electron chi connectivity index (χ4n) is 2.39. The quantitative estimate of drug-likeness (QED) is 0.752. The van der Waals surface area contributed by atoms with E-state index in [4.69, 9.17) is 4.74 Å². The topological polar surface area (TPSA) is 63.8 Å². The largest absolute Gasteiger partial charge is 0.462 e. The van der Waals surface area contributed by atoms with Crippen molar-refractivity contribution in [3.63, 3.8) is 0 Å². The number of imidazole rings is 1. The van der Waals surface area contributed by atoms with Crippen molar-refractivity contribution in [1.82, 2.24) is 9.38 Å². The molecule has 0 atom stereocenters. The highest BCUT2D eigenvalue weighted by Crippen LogP contribution is 2.22. The number of fused-ring (bicyclic) bond motifs is 1. The predicted molar refractivity (Wildman–Crippen MR) is 82.5 cm³/mol. The van der Waals surface area contributed by atoms with Crippen LogP contribution in [0.4, 0.5) is 0 Å². The Morgan fingerprint density at radius 1 is 1.27 bits per heavy atom. The fraction of sp³-hybridized carbons (Fsp3) is 0.176. The number of aliphatic hydroxyl groups is 1. The highest BCUT2D eigenvalue weighted by molar-refractivity contribution is 5.91. The summed E-state index contributed by atoms with van der Waals surface area (Å²) in [5.41, 5.74) is 3.66. The Labute approximate surface area is 127 Å². The van der Waals surface area contributed by atoms with Crippen LogP contribution in [-0.4, -0.2) is 27.1 Å². The van der Waals surface area contributed by atoms with Crippen molar-refractivity contribution in [1.29, 1.82) is 0 Å². The lowest BCUT2D eigenvalue weighted by Crippen LogP contribution is -2.04. The van der Waals surface area contributed by atoms with E-state index in [1.807, 2.05) is 34.7 Å². The van der Waals surface area contributed by atoms with Crippen LogP contribution in [0.5, 0.6) is 0 Å². The normalized spacial score (nSPS) is 10.8. The molecule has 3 rings (SSSR count). The first-order chi connectivity index (χ1) is 10.7. The standard InChI is InChI=1S/C17H16N2O3/c1-2-22-17(21)13-6-3-5-12(9-13)15-7-4-8-16-18-14(11-20)10-19(15)16/h3-10,20H,2,11H2,1H3. The van der Waals surface area contributed by atoms with Crippen LogP contribution < -0.4 is 0 Å². The first-order valence-corrected chi connectivity index (χ1v) is 7.08. The van der Waals surface area contributed by atoms with E-state index in [1.54, 1.807) is 25.3 Å². The molecule has 0 aliphatic rings. The highest BCUT2D eigenvalue weighted by Gasteiger charge is 2.10. The molecule has 112 valence electrons. The molecule has 2 heterocycles. The Morgan fingerprint density at radius 3 is 2.86 bits per heavy atom. The number of hydrogen-bond donors (Lipinski definition) is 1. The minimum Gasteiger partial charge on any atom is -0.462 e. The second-order valence-electron chi connectivity index (χ2n) is 4.83. The lowest BCUT2D eigenvalue weighted by molar-refractivity contribution is 0.0526. The van der Waals surface area contributed by atoms with Crippen molar-refractivity contribution in [3.8, 4) is 11.3 Å². The SMILES string of the molecule is CCOC(=O)c1cccc(-c2cccc3nc(CO)cn23)c1. The Balaban J connectivity index is 2.09. The molecular formula is C17H16N2O3. The van der Waals surface area contributed by atoms with Gasteiger partial charge in [0.25, 0.3) is 0 Å². The summed E-state index contributed by atoms with van der Waals surface area (Å²) in [5.74, 6) is -0.335. The molecule has 0 saturated carbocycles. The Bertz CT molecular complexity index is 824. The molecule has 0 saturated heterocycles. The maximum atomic E-state index is 11.9. The molecule has 0 radical (unpaired) electrons. The third kappa shape index (κ3) is 2.58. The van der Waals surface area contributed by atoms with Crippen LogP contribution in [0.3, 0.4) is 0 Å². The average molecular weight is 296 g/mol. The van der Waals surface area contributed by atoms with Gasteiger partial charge in [-0.2, -0.15) is 0 Å². The number of benzene rings is 1. The molecule has 5 heteroatoms. The van der Waals surface area contributed by atoms with Gasteiger partial charge in [0.05, 0.1) is 30.2 Å². The van der Waals surface area contributed by atoms with E-state index >= 15 is 0 Å². The van der Waals surface area contributed by atoms with Crippen LogP contribution in [0.15, 0.2) is 48.7 Å². The number of nitrogens with zero attached hydrogens (tertiary/aromatic N) is 2. The van der Waals surface area contributed by atoms with E-state index in [9.17, 15) is 9.90 Å². The van der Waals surface area contributed by atoms with Crippen molar-refractivity contribution in [2.24, 2.45) is 0 Å². The monoisotopic (exact) mass is 296 g/mol. The second kappa shape index (κ2) is 5.99. The van der Waals surface area contributed by atoms with Gasteiger partial charge in [-0.15, -0.1) is 0 Å². The van der Waals surface area contributed by atoms with Gasteiger partial charge in [0.1, 0.15) is 5.65 Å². The Kier molecular flexibility index (Phi) is 3.89. The zero-order valence-electron chi connectivity index (χ0n) is 12.2. The van der Waals surface area contributed by atoms with E-state index < -0.39 is 0 Å². The van der Waals surface area contributed by atoms with Crippen molar-refractivity contribution in [2.45, 2.75) is 13.5 Å². The number of rotatable bonds is 4. The number of carbonyl (C=O) groups is 1. The fourth-order valence-corrected chi connectivity index (χ4v) is 2.39. The summed E-state index contributed by atoms with van der Waals surface area (Å²) in [7, 11) is 0. The molecular weight excluding hydrogens is 280 g/mol. The summed E-state index contributed by atoms with van der Waals surface area (Å²) in [6, 6.07) is 13.0. The Morgan fingerprint density at radius 2 is 2.09 bits per heavy atom. The third-order valence-corrected chi connectivity index (χ3v) is 3.37. The van der Waals surface area contributed by atoms with Crippen molar-refractivity contribution in [2.75, 3.05) is 6.61 Å². The zero-order chi connectivity index (χ0) is 15.5. The number of hydrogen-bond acceptors (Lipinski definition) is 4. The zero-order valence-corrected chi connectivity index (χ0v) is 12.2. The van der Waals surface area contributed by atoms with Gasteiger partial charge in [0.2, 0.25) is 0 Å².